The van der Waals surface area contributed by atoms with Crippen LogP contribution in [0.5, 0.6) is 0 Å². The zero-order valence-corrected chi connectivity index (χ0v) is 16.0. The van der Waals surface area contributed by atoms with E-state index in [2.05, 4.69) is 46.7 Å². The van der Waals surface area contributed by atoms with E-state index in [-0.39, 0.29) is 11.9 Å². The van der Waals surface area contributed by atoms with Gasteiger partial charge >= 0.3 is 0 Å². The van der Waals surface area contributed by atoms with Gasteiger partial charge in [0.1, 0.15) is 6.33 Å². The Hall–Kier alpha value is -2.60. The summed E-state index contributed by atoms with van der Waals surface area (Å²) >= 11 is 1.41. The number of carbonyl (C=O) groups is 1. The molecular formula is C21H22N4OS. The Morgan fingerprint density at radius 1 is 1.19 bits per heavy atom. The molecule has 138 valence electrons. The Morgan fingerprint density at radius 3 is 2.63 bits per heavy atom. The third-order valence-electron chi connectivity index (χ3n) is 4.73. The normalized spacial score (nSPS) is 14.7. The number of nitrogens with zero attached hydrogens (tertiary/aromatic N) is 3. The Labute approximate surface area is 163 Å². The number of aromatic nitrogens is 3. The van der Waals surface area contributed by atoms with Crippen molar-refractivity contribution in [2.75, 3.05) is 5.75 Å². The predicted molar refractivity (Wildman–Crippen MR) is 107 cm³/mol. The highest BCUT2D eigenvalue weighted by Crippen LogP contribution is 2.41. The van der Waals surface area contributed by atoms with E-state index in [4.69, 9.17) is 0 Å². The molecule has 1 aliphatic carbocycles. The minimum Gasteiger partial charge on any atom is -0.348 e. The lowest BCUT2D eigenvalue weighted by Gasteiger charge is -2.18. The maximum atomic E-state index is 12.6. The van der Waals surface area contributed by atoms with Crippen LogP contribution < -0.4 is 5.32 Å². The highest BCUT2D eigenvalue weighted by atomic mass is 32.2. The molecule has 0 radical (unpaired) electrons. The fourth-order valence-corrected chi connectivity index (χ4v) is 3.85. The molecule has 1 unspecified atom stereocenters. The predicted octanol–water partition coefficient (Wildman–Crippen LogP) is 3.94. The molecule has 4 rings (SSSR count). The van der Waals surface area contributed by atoms with Gasteiger partial charge in [0.05, 0.1) is 11.8 Å². The van der Waals surface area contributed by atoms with Gasteiger partial charge in [-0.25, -0.2) is 0 Å². The second kappa shape index (κ2) is 7.96. The number of thioether (sulfide) groups is 1. The molecule has 1 aromatic heterocycles. The van der Waals surface area contributed by atoms with Crippen LogP contribution in [0.2, 0.25) is 0 Å². The molecule has 3 aromatic rings. The molecule has 0 spiro atoms. The topological polar surface area (TPSA) is 59.8 Å². The van der Waals surface area contributed by atoms with Crippen LogP contribution in [0.1, 0.15) is 30.0 Å². The zero-order valence-electron chi connectivity index (χ0n) is 15.2. The monoisotopic (exact) mass is 378 g/mol. The summed E-state index contributed by atoms with van der Waals surface area (Å²) in [5.41, 5.74) is 3.38. The van der Waals surface area contributed by atoms with E-state index in [0.29, 0.717) is 11.7 Å². The number of hydrogen-bond donors (Lipinski definition) is 1. The van der Waals surface area contributed by atoms with E-state index < -0.39 is 0 Å². The molecule has 0 bridgehead atoms. The highest BCUT2D eigenvalue weighted by molar-refractivity contribution is 7.99. The van der Waals surface area contributed by atoms with Crippen molar-refractivity contribution >= 4 is 17.7 Å². The van der Waals surface area contributed by atoms with E-state index >= 15 is 0 Å². The first kappa shape index (κ1) is 17.8. The molecule has 0 aliphatic heterocycles. The third-order valence-corrected chi connectivity index (χ3v) is 5.67. The molecule has 1 heterocycles. The Kier molecular flexibility index (Phi) is 5.25. The van der Waals surface area contributed by atoms with Gasteiger partial charge in [-0.1, -0.05) is 59.8 Å². The minimum atomic E-state index is 0.0270. The molecule has 27 heavy (non-hydrogen) atoms. The summed E-state index contributed by atoms with van der Waals surface area (Å²) in [7, 11) is 0. The Bertz CT molecular complexity index is 903. The van der Waals surface area contributed by atoms with Crippen LogP contribution in [0.4, 0.5) is 0 Å². The highest BCUT2D eigenvalue weighted by Gasteiger charge is 2.33. The van der Waals surface area contributed by atoms with Gasteiger partial charge in [-0.05, 0) is 43.4 Å². The second-order valence-corrected chi connectivity index (χ2v) is 7.84. The van der Waals surface area contributed by atoms with Crippen molar-refractivity contribution in [3.05, 3.63) is 72.1 Å². The van der Waals surface area contributed by atoms with Crippen molar-refractivity contribution < 1.29 is 4.79 Å². The van der Waals surface area contributed by atoms with Crippen LogP contribution in [0, 0.1) is 12.8 Å². The molecule has 1 aliphatic rings. The van der Waals surface area contributed by atoms with Gasteiger partial charge in [-0.2, -0.15) is 0 Å². The number of benzene rings is 2. The fourth-order valence-electron chi connectivity index (χ4n) is 3.11. The van der Waals surface area contributed by atoms with E-state index in [9.17, 15) is 4.79 Å². The van der Waals surface area contributed by atoms with Crippen molar-refractivity contribution in [2.45, 2.75) is 31.0 Å². The maximum Gasteiger partial charge on any atom is 0.230 e. The van der Waals surface area contributed by atoms with Crippen LogP contribution in [0.3, 0.4) is 0 Å². The summed E-state index contributed by atoms with van der Waals surface area (Å²) in [5.74, 6) is 0.900. The number of aryl methyl sites for hydroxylation is 1. The van der Waals surface area contributed by atoms with Crippen molar-refractivity contribution in [1.82, 2.24) is 20.1 Å². The van der Waals surface area contributed by atoms with Crippen LogP contribution in [-0.2, 0) is 4.79 Å². The van der Waals surface area contributed by atoms with E-state index in [0.717, 1.165) is 10.8 Å². The van der Waals surface area contributed by atoms with E-state index in [1.807, 2.05) is 34.9 Å². The number of carbonyl (C=O) groups excluding carboxylic acids is 1. The van der Waals surface area contributed by atoms with E-state index in [1.165, 1.54) is 35.7 Å². The van der Waals surface area contributed by atoms with E-state index in [1.54, 1.807) is 6.33 Å². The van der Waals surface area contributed by atoms with Crippen LogP contribution in [-0.4, -0.2) is 26.4 Å². The molecule has 2 aromatic carbocycles. The standard InChI is InChI=1S/C21H22N4OS/c1-15-7-11-18(12-8-15)25-14-22-24-21(25)27-13-19(26)23-20(17-9-10-17)16-5-3-2-4-6-16/h2-8,11-12,14,17,20H,9-10,13H2,1H3,(H,23,26). The zero-order chi connectivity index (χ0) is 18.6. The first-order valence-electron chi connectivity index (χ1n) is 9.15. The smallest absolute Gasteiger partial charge is 0.230 e. The first-order chi connectivity index (χ1) is 13.2. The Balaban J connectivity index is 1.40. The summed E-state index contributed by atoms with van der Waals surface area (Å²) in [6.07, 6.45) is 4.03. The van der Waals surface area contributed by atoms with Gasteiger partial charge < -0.3 is 5.32 Å². The van der Waals surface area contributed by atoms with Gasteiger partial charge in [0.15, 0.2) is 5.16 Å². The van der Waals surface area contributed by atoms with Gasteiger partial charge in [0, 0.05) is 5.69 Å². The lowest BCUT2D eigenvalue weighted by molar-refractivity contribution is -0.119. The van der Waals surface area contributed by atoms with Gasteiger partial charge in [-0.15, -0.1) is 10.2 Å². The molecule has 0 saturated heterocycles. The average molecular weight is 379 g/mol. The number of nitrogens with one attached hydrogen (secondary N) is 1. The van der Waals surface area contributed by atoms with Gasteiger partial charge in [0.25, 0.3) is 0 Å². The molecule has 5 nitrogen and oxygen atoms in total. The minimum absolute atomic E-state index is 0.0270. The SMILES string of the molecule is Cc1ccc(-n2cnnc2SCC(=O)NC(c2ccccc2)C2CC2)cc1. The second-order valence-electron chi connectivity index (χ2n) is 6.90. The summed E-state index contributed by atoms with van der Waals surface area (Å²) in [6.45, 7) is 2.05. The third kappa shape index (κ3) is 4.39. The summed E-state index contributed by atoms with van der Waals surface area (Å²) in [6, 6.07) is 18.5. The molecule has 1 saturated carbocycles. The van der Waals surface area contributed by atoms with Gasteiger partial charge in [-0.3, -0.25) is 9.36 Å². The number of rotatable bonds is 7. The molecule has 1 N–H and O–H groups in total. The summed E-state index contributed by atoms with van der Waals surface area (Å²) in [4.78, 5) is 12.6. The van der Waals surface area contributed by atoms with Crippen LogP contribution in [0.25, 0.3) is 5.69 Å². The molecular weight excluding hydrogens is 356 g/mol. The van der Waals surface area contributed by atoms with Crippen molar-refractivity contribution in [3.8, 4) is 5.69 Å². The van der Waals surface area contributed by atoms with Crippen LogP contribution >= 0.6 is 11.8 Å². The lowest BCUT2D eigenvalue weighted by atomic mass is 10.0. The average Bonchev–Trinajstić information content (AvgIpc) is 3.43. The fraction of sp³-hybridized carbons (Fsp3) is 0.286. The Morgan fingerprint density at radius 2 is 1.93 bits per heavy atom. The van der Waals surface area contributed by atoms with Crippen molar-refractivity contribution in [3.63, 3.8) is 0 Å². The van der Waals surface area contributed by atoms with Crippen molar-refractivity contribution in [1.29, 1.82) is 0 Å². The number of amides is 1. The van der Waals surface area contributed by atoms with Crippen molar-refractivity contribution in [2.24, 2.45) is 5.92 Å². The number of hydrogen-bond acceptors (Lipinski definition) is 4. The summed E-state index contributed by atoms with van der Waals surface area (Å²) < 4.78 is 1.91. The lowest BCUT2D eigenvalue weighted by Crippen LogP contribution is -2.31. The molecule has 1 amide bonds. The van der Waals surface area contributed by atoms with Gasteiger partial charge in [0.2, 0.25) is 5.91 Å². The molecule has 1 atom stereocenters. The largest absolute Gasteiger partial charge is 0.348 e. The quantitative estimate of drug-likeness (QED) is 0.633. The molecule has 6 heteroatoms. The maximum absolute atomic E-state index is 12.6. The molecule has 1 fully saturated rings. The summed E-state index contributed by atoms with van der Waals surface area (Å²) in [5, 5.41) is 12.1. The first-order valence-corrected chi connectivity index (χ1v) is 10.1. The van der Waals surface area contributed by atoms with Crippen LogP contribution in [0.15, 0.2) is 66.1 Å².